The van der Waals surface area contributed by atoms with Crippen LogP contribution in [-0.2, 0) is 0 Å². The summed E-state index contributed by atoms with van der Waals surface area (Å²) in [4.78, 5) is 0. The largest absolute Gasteiger partial charge is 0.396 e. The summed E-state index contributed by atoms with van der Waals surface area (Å²) >= 11 is 0. The molecule has 0 aromatic heterocycles. The summed E-state index contributed by atoms with van der Waals surface area (Å²) in [5, 5.41) is 12.0. The van der Waals surface area contributed by atoms with Gasteiger partial charge in [-0.15, -0.1) is 0 Å². The molecule has 0 amide bonds. The fraction of sp³-hybridized carbons (Fsp3) is 1.00. The summed E-state index contributed by atoms with van der Waals surface area (Å²) in [5.74, 6) is 1.14. The molecule has 0 aliphatic rings. The molecule has 0 aliphatic heterocycles. The minimum absolute atomic E-state index is 0.285. The van der Waals surface area contributed by atoms with Crippen LogP contribution in [0.15, 0.2) is 0 Å². The van der Waals surface area contributed by atoms with E-state index >= 15 is 0 Å². The normalized spacial score (nSPS) is 16.4. The number of hydrogen-bond donors (Lipinski definition) is 2. The summed E-state index contributed by atoms with van der Waals surface area (Å²) < 4.78 is 0. The summed E-state index contributed by atoms with van der Waals surface area (Å²) in [6.07, 6.45) is 1.22. The second kappa shape index (κ2) is 6.62. The molecule has 0 spiro atoms. The van der Waals surface area contributed by atoms with Crippen molar-refractivity contribution in [3.63, 3.8) is 0 Å². The van der Waals surface area contributed by atoms with Gasteiger partial charge in [0, 0.05) is 6.61 Å². The third-order valence-electron chi connectivity index (χ3n) is 1.99. The highest BCUT2D eigenvalue weighted by molar-refractivity contribution is 4.58. The zero-order valence-electron chi connectivity index (χ0n) is 7.93. The summed E-state index contributed by atoms with van der Waals surface area (Å²) in [6, 6.07) is 0. The molecule has 0 aromatic carbocycles. The number of aliphatic hydroxyl groups excluding tert-OH is 1. The van der Waals surface area contributed by atoms with Crippen LogP contribution in [0.1, 0.15) is 27.2 Å². The van der Waals surface area contributed by atoms with E-state index in [1.54, 1.807) is 0 Å². The molecule has 0 saturated carbocycles. The standard InChI is InChI=1S/C9H21NO/c1-4-8(2)5-10-6-9(3)7-11/h8-11H,4-7H2,1-3H3. The Bertz CT molecular complexity index is 75.6. The van der Waals surface area contributed by atoms with Crippen LogP contribution in [-0.4, -0.2) is 24.8 Å². The number of hydrogen-bond acceptors (Lipinski definition) is 2. The number of nitrogens with one attached hydrogen (secondary N) is 1. The Balaban J connectivity index is 3.13. The van der Waals surface area contributed by atoms with Crippen molar-refractivity contribution in [1.29, 1.82) is 0 Å². The third kappa shape index (κ3) is 6.32. The molecule has 2 atom stereocenters. The highest BCUT2D eigenvalue weighted by Crippen LogP contribution is 1.97. The number of aliphatic hydroxyl groups is 1. The van der Waals surface area contributed by atoms with Gasteiger partial charge in [-0.05, 0) is 24.9 Å². The van der Waals surface area contributed by atoms with E-state index in [1.807, 2.05) is 6.92 Å². The average Bonchev–Trinajstić information content (AvgIpc) is 2.04. The van der Waals surface area contributed by atoms with Crippen molar-refractivity contribution in [3.8, 4) is 0 Å². The lowest BCUT2D eigenvalue weighted by Crippen LogP contribution is -2.27. The first-order chi connectivity index (χ1) is 5.20. The van der Waals surface area contributed by atoms with Crippen LogP contribution in [0.5, 0.6) is 0 Å². The van der Waals surface area contributed by atoms with Crippen LogP contribution in [0.4, 0.5) is 0 Å². The molecule has 11 heavy (non-hydrogen) atoms. The van der Waals surface area contributed by atoms with E-state index in [1.165, 1.54) is 6.42 Å². The Hall–Kier alpha value is -0.0800. The Labute approximate surface area is 70.0 Å². The van der Waals surface area contributed by atoms with Gasteiger partial charge in [0.2, 0.25) is 0 Å². The summed E-state index contributed by atoms with van der Waals surface area (Å²) in [6.45, 7) is 8.76. The van der Waals surface area contributed by atoms with E-state index in [4.69, 9.17) is 5.11 Å². The maximum atomic E-state index is 8.72. The van der Waals surface area contributed by atoms with Crippen LogP contribution < -0.4 is 5.32 Å². The zero-order valence-corrected chi connectivity index (χ0v) is 7.93. The van der Waals surface area contributed by atoms with Gasteiger partial charge in [-0.3, -0.25) is 0 Å². The Morgan fingerprint density at radius 1 is 1.18 bits per heavy atom. The average molecular weight is 159 g/mol. The highest BCUT2D eigenvalue weighted by Gasteiger charge is 2.00. The molecule has 2 heteroatoms. The lowest BCUT2D eigenvalue weighted by molar-refractivity contribution is 0.232. The van der Waals surface area contributed by atoms with Crippen LogP contribution in [0.25, 0.3) is 0 Å². The third-order valence-corrected chi connectivity index (χ3v) is 1.99. The van der Waals surface area contributed by atoms with Crippen LogP contribution in [0.3, 0.4) is 0 Å². The Kier molecular flexibility index (Phi) is 6.57. The van der Waals surface area contributed by atoms with Crippen molar-refractivity contribution in [2.45, 2.75) is 27.2 Å². The van der Waals surface area contributed by atoms with Crippen molar-refractivity contribution >= 4 is 0 Å². The first-order valence-corrected chi connectivity index (χ1v) is 4.52. The van der Waals surface area contributed by atoms with Gasteiger partial charge < -0.3 is 10.4 Å². The van der Waals surface area contributed by atoms with Gasteiger partial charge in [0.25, 0.3) is 0 Å². The van der Waals surface area contributed by atoms with Gasteiger partial charge in [0.1, 0.15) is 0 Å². The molecule has 0 heterocycles. The van der Waals surface area contributed by atoms with E-state index in [-0.39, 0.29) is 6.61 Å². The molecule has 68 valence electrons. The molecule has 0 saturated heterocycles. The molecule has 0 aromatic rings. The van der Waals surface area contributed by atoms with Gasteiger partial charge >= 0.3 is 0 Å². The predicted molar refractivity (Wildman–Crippen MR) is 48.6 cm³/mol. The monoisotopic (exact) mass is 159 g/mol. The van der Waals surface area contributed by atoms with Crippen molar-refractivity contribution < 1.29 is 5.11 Å². The van der Waals surface area contributed by atoms with Gasteiger partial charge in [-0.2, -0.15) is 0 Å². The summed E-state index contributed by atoms with van der Waals surface area (Å²) in [7, 11) is 0. The fourth-order valence-corrected chi connectivity index (χ4v) is 0.785. The lowest BCUT2D eigenvalue weighted by Gasteiger charge is -2.12. The van der Waals surface area contributed by atoms with E-state index in [2.05, 4.69) is 19.2 Å². The summed E-state index contributed by atoms with van der Waals surface area (Å²) in [5.41, 5.74) is 0. The van der Waals surface area contributed by atoms with Crippen molar-refractivity contribution in [2.24, 2.45) is 11.8 Å². The van der Waals surface area contributed by atoms with Gasteiger partial charge in [-0.25, -0.2) is 0 Å². The molecular formula is C9H21NO. The molecule has 2 N–H and O–H groups in total. The highest BCUT2D eigenvalue weighted by atomic mass is 16.3. The molecular weight excluding hydrogens is 138 g/mol. The Morgan fingerprint density at radius 2 is 1.73 bits per heavy atom. The van der Waals surface area contributed by atoms with E-state index in [9.17, 15) is 0 Å². The van der Waals surface area contributed by atoms with Gasteiger partial charge in [0.05, 0.1) is 0 Å². The first-order valence-electron chi connectivity index (χ1n) is 4.52. The maximum Gasteiger partial charge on any atom is 0.0468 e. The predicted octanol–water partition coefficient (Wildman–Crippen LogP) is 1.25. The van der Waals surface area contributed by atoms with Crippen molar-refractivity contribution in [3.05, 3.63) is 0 Å². The molecule has 0 rings (SSSR count). The molecule has 2 nitrogen and oxygen atoms in total. The van der Waals surface area contributed by atoms with Crippen molar-refractivity contribution in [2.75, 3.05) is 19.7 Å². The van der Waals surface area contributed by atoms with Crippen LogP contribution >= 0.6 is 0 Å². The smallest absolute Gasteiger partial charge is 0.0468 e. The molecule has 0 aliphatic carbocycles. The van der Waals surface area contributed by atoms with Crippen LogP contribution in [0.2, 0.25) is 0 Å². The molecule has 2 unspecified atom stereocenters. The molecule has 0 bridgehead atoms. The second-order valence-electron chi connectivity index (χ2n) is 3.46. The Morgan fingerprint density at radius 3 is 2.18 bits per heavy atom. The van der Waals surface area contributed by atoms with E-state index in [0.717, 1.165) is 19.0 Å². The topological polar surface area (TPSA) is 32.3 Å². The fourth-order valence-electron chi connectivity index (χ4n) is 0.785. The minimum Gasteiger partial charge on any atom is -0.396 e. The zero-order chi connectivity index (χ0) is 8.69. The van der Waals surface area contributed by atoms with Crippen molar-refractivity contribution in [1.82, 2.24) is 5.32 Å². The molecule has 0 radical (unpaired) electrons. The maximum absolute atomic E-state index is 8.72. The van der Waals surface area contributed by atoms with E-state index in [0.29, 0.717) is 5.92 Å². The van der Waals surface area contributed by atoms with Gasteiger partial charge in [-0.1, -0.05) is 27.2 Å². The van der Waals surface area contributed by atoms with E-state index < -0.39 is 0 Å². The first kappa shape index (κ1) is 10.9. The van der Waals surface area contributed by atoms with Gasteiger partial charge in [0.15, 0.2) is 0 Å². The lowest BCUT2D eigenvalue weighted by atomic mass is 10.1. The molecule has 0 fully saturated rings. The second-order valence-corrected chi connectivity index (χ2v) is 3.46. The minimum atomic E-state index is 0.285. The SMILES string of the molecule is CCC(C)CNCC(C)CO. The number of rotatable bonds is 6. The quantitative estimate of drug-likeness (QED) is 0.611. The van der Waals surface area contributed by atoms with Crippen LogP contribution in [0, 0.1) is 11.8 Å².